The summed E-state index contributed by atoms with van der Waals surface area (Å²) >= 11 is 0. The van der Waals surface area contributed by atoms with E-state index in [0.717, 1.165) is 0 Å². The summed E-state index contributed by atoms with van der Waals surface area (Å²) in [6, 6.07) is 0. The molecule has 0 fully saturated rings. The topological polar surface area (TPSA) is 64.6 Å². The average Bonchev–Trinajstić information content (AvgIpc) is 2.15. The van der Waals surface area contributed by atoms with Crippen LogP contribution in [-0.2, 0) is 19.1 Å². The molecule has 15 heavy (non-hydrogen) atoms. The Bertz CT molecular complexity index is 175. The number of hydrogen-bond donors (Lipinski definition) is 1. The summed E-state index contributed by atoms with van der Waals surface area (Å²) in [5, 5.41) is 2.18. The Labute approximate surface area is 91.1 Å². The highest BCUT2D eigenvalue weighted by Crippen LogP contribution is 2.02. The van der Waals surface area contributed by atoms with Crippen molar-refractivity contribution in [3.8, 4) is 0 Å². The van der Waals surface area contributed by atoms with Crippen molar-refractivity contribution in [1.82, 2.24) is 5.32 Å². The van der Waals surface area contributed by atoms with Crippen LogP contribution in [0, 0.1) is 0 Å². The van der Waals surface area contributed by atoms with Gasteiger partial charge in [-0.15, -0.1) is 0 Å². The van der Waals surface area contributed by atoms with Crippen molar-refractivity contribution >= 4 is 12.4 Å². The van der Waals surface area contributed by atoms with E-state index in [1.54, 1.807) is 14.0 Å². The van der Waals surface area contributed by atoms with E-state index in [2.05, 4.69) is 10.1 Å². The van der Waals surface area contributed by atoms with E-state index >= 15 is 0 Å². The summed E-state index contributed by atoms with van der Waals surface area (Å²) in [5.41, 5.74) is 0.0417. The van der Waals surface area contributed by atoms with Crippen molar-refractivity contribution in [2.24, 2.45) is 0 Å². The smallest absolute Gasteiger partial charge is 0.325 e. The molecule has 0 spiro atoms. The number of methoxy groups -OCH3 is 1. The van der Waals surface area contributed by atoms with Gasteiger partial charge in [-0.05, 0) is 27.7 Å². The zero-order valence-electron chi connectivity index (χ0n) is 10.1. The Morgan fingerprint density at radius 2 is 1.87 bits per heavy atom. The second-order valence-electron chi connectivity index (χ2n) is 3.62. The first kappa shape index (κ1) is 16.3. The van der Waals surface area contributed by atoms with Gasteiger partial charge in [0.05, 0.1) is 12.2 Å². The third-order valence-electron chi connectivity index (χ3n) is 1.25. The molecule has 90 valence electrons. The molecule has 5 nitrogen and oxygen atoms in total. The van der Waals surface area contributed by atoms with Crippen molar-refractivity contribution in [1.29, 1.82) is 0 Å². The molecule has 0 aliphatic rings. The second kappa shape index (κ2) is 9.45. The van der Waals surface area contributed by atoms with Crippen molar-refractivity contribution < 1.29 is 19.1 Å². The number of esters is 1. The van der Waals surface area contributed by atoms with E-state index in [1.165, 1.54) is 0 Å². The van der Waals surface area contributed by atoms with Crippen molar-refractivity contribution in [2.75, 3.05) is 20.3 Å². The molecule has 0 aliphatic carbocycles. The number of amides is 1. The van der Waals surface area contributed by atoms with Gasteiger partial charge in [0.2, 0.25) is 6.41 Å². The zero-order valence-corrected chi connectivity index (χ0v) is 10.1. The van der Waals surface area contributed by atoms with Crippen LogP contribution >= 0.6 is 0 Å². The fraction of sp³-hybridized carbons (Fsp3) is 0.800. The number of carbonyl (C=O) groups is 2. The van der Waals surface area contributed by atoms with Gasteiger partial charge in [0.25, 0.3) is 0 Å². The molecule has 0 saturated carbocycles. The summed E-state index contributed by atoms with van der Waals surface area (Å²) in [5.74, 6) is -0.412. The highest BCUT2D eigenvalue weighted by atomic mass is 16.5. The van der Waals surface area contributed by atoms with Gasteiger partial charge in [-0.3, -0.25) is 9.59 Å². The molecule has 0 aromatic carbocycles. The van der Waals surface area contributed by atoms with Gasteiger partial charge in [-0.1, -0.05) is 0 Å². The minimum Gasteiger partial charge on any atom is -0.465 e. The molecule has 0 heterocycles. The Kier molecular flexibility index (Phi) is 10.3. The first-order valence-electron chi connectivity index (χ1n) is 4.75. The lowest BCUT2D eigenvalue weighted by atomic mass is 10.2. The van der Waals surface area contributed by atoms with Crippen LogP contribution in [0.25, 0.3) is 0 Å². The first-order valence-corrected chi connectivity index (χ1v) is 4.75. The van der Waals surface area contributed by atoms with Crippen LogP contribution in [0.15, 0.2) is 0 Å². The molecule has 1 N–H and O–H groups in total. The lowest BCUT2D eigenvalue weighted by Gasteiger charge is -2.14. The summed E-state index contributed by atoms with van der Waals surface area (Å²) in [6.45, 7) is 8.07. The summed E-state index contributed by atoms with van der Waals surface area (Å²) < 4.78 is 9.42. The van der Waals surface area contributed by atoms with Gasteiger partial charge in [0.1, 0.15) is 6.54 Å². The Morgan fingerprint density at radius 3 is 2.13 bits per heavy atom. The maximum atomic E-state index is 10.4. The third-order valence-corrected chi connectivity index (χ3v) is 1.25. The molecule has 1 amide bonds. The number of hydrogen-bond acceptors (Lipinski definition) is 4. The van der Waals surface area contributed by atoms with E-state index < -0.39 is 5.97 Å². The molecule has 0 atom stereocenters. The molecule has 0 unspecified atom stereocenters. The van der Waals surface area contributed by atoms with E-state index in [9.17, 15) is 9.59 Å². The molecular formula is C10H21NO4. The van der Waals surface area contributed by atoms with Gasteiger partial charge in [0, 0.05) is 7.11 Å². The largest absolute Gasteiger partial charge is 0.465 e. The number of nitrogens with one attached hydrogen (secondary N) is 1. The molecule has 0 rings (SSSR count). The van der Waals surface area contributed by atoms with Gasteiger partial charge < -0.3 is 14.8 Å². The van der Waals surface area contributed by atoms with Crippen LogP contribution in [-0.4, -0.2) is 38.2 Å². The quantitative estimate of drug-likeness (QED) is 0.559. The van der Waals surface area contributed by atoms with Gasteiger partial charge in [-0.2, -0.15) is 0 Å². The fourth-order valence-corrected chi connectivity index (χ4v) is 0.337. The lowest BCUT2D eigenvalue weighted by Crippen LogP contribution is -2.23. The van der Waals surface area contributed by atoms with E-state index in [4.69, 9.17) is 4.74 Å². The van der Waals surface area contributed by atoms with Crippen LogP contribution < -0.4 is 5.32 Å². The van der Waals surface area contributed by atoms with Crippen LogP contribution in [0.5, 0.6) is 0 Å². The predicted octanol–water partition coefficient (Wildman–Crippen LogP) is 0.727. The Balaban J connectivity index is 0. The average molecular weight is 219 g/mol. The summed E-state index contributed by atoms with van der Waals surface area (Å²) in [7, 11) is 1.71. The lowest BCUT2D eigenvalue weighted by molar-refractivity contribution is -0.142. The zero-order chi connectivity index (χ0) is 12.3. The van der Waals surface area contributed by atoms with Crippen molar-refractivity contribution in [2.45, 2.75) is 33.3 Å². The summed E-state index contributed by atoms with van der Waals surface area (Å²) in [4.78, 5) is 20.0. The van der Waals surface area contributed by atoms with E-state index in [1.807, 2.05) is 20.8 Å². The monoisotopic (exact) mass is 219 g/mol. The number of carbonyl (C=O) groups excluding carboxylic acids is 2. The first-order chi connectivity index (χ1) is 6.87. The maximum absolute atomic E-state index is 10.4. The molecule has 0 aromatic rings. The van der Waals surface area contributed by atoms with Gasteiger partial charge in [0.15, 0.2) is 0 Å². The Hall–Kier alpha value is -1.10. The van der Waals surface area contributed by atoms with Gasteiger partial charge in [-0.25, -0.2) is 0 Å². The normalized spacial score (nSPS) is 9.67. The predicted molar refractivity (Wildman–Crippen MR) is 57.5 cm³/mol. The highest BCUT2D eigenvalue weighted by molar-refractivity contribution is 5.73. The van der Waals surface area contributed by atoms with Crippen LogP contribution in [0.3, 0.4) is 0 Å². The maximum Gasteiger partial charge on any atom is 0.325 e. The van der Waals surface area contributed by atoms with Crippen molar-refractivity contribution in [3.05, 3.63) is 0 Å². The SMILES string of the molecule is CCOC(=O)CNC=O.COC(C)(C)C. The molecule has 0 aromatic heterocycles. The molecule has 5 heteroatoms. The minimum atomic E-state index is -0.412. The van der Waals surface area contributed by atoms with E-state index in [0.29, 0.717) is 13.0 Å². The third kappa shape index (κ3) is 19.3. The summed E-state index contributed by atoms with van der Waals surface area (Å²) in [6.07, 6.45) is 0.455. The molecule has 0 aliphatic heterocycles. The molecule has 0 saturated heterocycles. The number of ether oxygens (including phenoxy) is 2. The van der Waals surface area contributed by atoms with Crippen LogP contribution in [0.2, 0.25) is 0 Å². The highest BCUT2D eigenvalue weighted by Gasteiger charge is 2.04. The molecule has 0 bridgehead atoms. The Morgan fingerprint density at radius 1 is 1.40 bits per heavy atom. The van der Waals surface area contributed by atoms with Gasteiger partial charge >= 0.3 is 5.97 Å². The van der Waals surface area contributed by atoms with E-state index in [-0.39, 0.29) is 12.1 Å². The number of rotatable bonds is 4. The van der Waals surface area contributed by atoms with Crippen LogP contribution in [0.4, 0.5) is 0 Å². The van der Waals surface area contributed by atoms with Crippen molar-refractivity contribution in [3.63, 3.8) is 0 Å². The molecular weight excluding hydrogens is 198 g/mol. The molecule has 0 radical (unpaired) electrons. The fourth-order valence-electron chi connectivity index (χ4n) is 0.337. The standard InChI is InChI=1S/C5H9NO3.C5H12O/c1-2-9-5(8)3-6-4-7;1-5(2,3)6-4/h4H,2-3H2,1H3,(H,6,7);1-4H3. The minimum absolute atomic E-state index is 0.0417. The van der Waals surface area contributed by atoms with Crippen LogP contribution in [0.1, 0.15) is 27.7 Å². The second-order valence-corrected chi connectivity index (χ2v) is 3.62.